The number of phenolic OH excluding ortho intramolecular Hbond substituents is 2. The lowest BCUT2D eigenvalue weighted by Gasteiger charge is -2.14. The number of rotatable bonds is 6. The average Bonchev–Trinajstić information content (AvgIpc) is 3.57. The second-order valence-electron chi connectivity index (χ2n) is 9.62. The lowest BCUT2D eigenvalue weighted by molar-refractivity contribution is 0.469. The molecule has 13 heteroatoms. The Hall–Kier alpha value is -5.69. The Morgan fingerprint density at radius 3 is 2.47 bits per heavy atom. The number of fused-ring (bicyclic) bond motifs is 2. The molecule has 4 heterocycles. The first kappa shape index (κ1) is 26.2. The number of anilines is 1. The highest BCUT2D eigenvalue weighted by molar-refractivity contribution is 7.99. The van der Waals surface area contributed by atoms with E-state index in [-0.39, 0.29) is 40.7 Å². The van der Waals surface area contributed by atoms with Gasteiger partial charge in [0.05, 0.1) is 11.1 Å². The molecule has 212 valence electrons. The van der Waals surface area contributed by atoms with Gasteiger partial charge in [-0.15, -0.1) is 0 Å². The molecule has 43 heavy (non-hydrogen) atoms. The summed E-state index contributed by atoms with van der Waals surface area (Å²) < 4.78 is 18.8. The smallest absolute Gasteiger partial charge is 0.283 e. The number of nitrogens with two attached hydrogens (primary N) is 1. The minimum atomic E-state index is -0.647. The number of benzene rings is 3. The molecule has 0 saturated carbocycles. The molecule has 7 rings (SSSR count). The molecule has 0 aliphatic carbocycles. The molecule has 0 aliphatic heterocycles. The molecular formula is C30H21FN8O3S. The fourth-order valence-corrected chi connectivity index (χ4v) is 5.87. The van der Waals surface area contributed by atoms with E-state index in [0.717, 1.165) is 11.0 Å². The molecule has 0 aliphatic rings. The van der Waals surface area contributed by atoms with Crippen LogP contribution in [0.3, 0.4) is 0 Å². The van der Waals surface area contributed by atoms with Crippen LogP contribution in [0.5, 0.6) is 11.5 Å². The van der Waals surface area contributed by atoms with Gasteiger partial charge >= 0.3 is 0 Å². The third kappa shape index (κ3) is 4.71. The normalized spacial score (nSPS) is 11.5. The van der Waals surface area contributed by atoms with Crippen molar-refractivity contribution in [3.05, 3.63) is 113 Å². The van der Waals surface area contributed by atoms with Crippen LogP contribution in [-0.4, -0.2) is 44.1 Å². The Morgan fingerprint density at radius 1 is 0.907 bits per heavy atom. The molecule has 0 fully saturated rings. The summed E-state index contributed by atoms with van der Waals surface area (Å²) in [7, 11) is 0. The third-order valence-corrected chi connectivity index (χ3v) is 7.86. The van der Waals surface area contributed by atoms with Crippen LogP contribution in [0.15, 0.2) is 106 Å². The van der Waals surface area contributed by atoms with Crippen molar-refractivity contribution in [1.29, 1.82) is 0 Å². The summed E-state index contributed by atoms with van der Waals surface area (Å²) in [6, 6.07) is 21.2. The number of hydrogen-bond donors (Lipinski definition) is 3. The molecule has 0 bridgehead atoms. The van der Waals surface area contributed by atoms with Crippen LogP contribution < -0.4 is 11.3 Å². The Labute approximate surface area is 246 Å². The van der Waals surface area contributed by atoms with Crippen molar-refractivity contribution in [2.24, 2.45) is 0 Å². The van der Waals surface area contributed by atoms with E-state index in [1.165, 1.54) is 44.0 Å². The highest BCUT2D eigenvalue weighted by Gasteiger charge is 2.22. The molecule has 4 aromatic heterocycles. The summed E-state index contributed by atoms with van der Waals surface area (Å²) in [6.07, 6.45) is 3.00. The monoisotopic (exact) mass is 592 g/mol. The lowest BCUT2D eigenvalue weighted by atomic mass is 10.1. The predicted octanol–water partition coefficient (Wildman–Crippen LogP) is 4.62. The lowest BCUT2D eigenvalue weighted by Crippen LogP contribution is -2.28. The standard InChI is InChI=1S/C30H21FN8O3S/c31-18-12-17(13-21(41)14-18)26-25-28(32)33-16-34-29(25)38(36-26)15-24-35-37-11-10-23(43-22-8-6-20(40)7-9-22)27(37)30(42)39(24)19-4-2-1-3-5-19/h1-14,16,40-41H,15H2,(H2,32,33,34). The van der Waals surface area contributed by atoms with Gasteiger partial charge in [0.15, 0.2) is 11.5 Å². The Kier molecular flexibility index (Phi) is 6.28. The molecule has 4 N–H and O–H groups in total. The van der Waals surface area contributed by atoms with Gasteiger partial charge in [-0.25, -0.2) is 23.6 Å². The maximum absolute atomic E-state index is 14.2. The predicted molar refractivity (Wildman–Crippen MR) is 159 cm³/mol. The van der Waals surface area contributed by atoms with Crippen LogP contribution >= 0.6 is 11.8 Å². The van der Waals surface area contributed by atoms with Gasteiger partial charge in [-0.05, 0) is 54.6 Å². The van der Waals surface area contributed by atoms with Crippen LogP contribution in [-0.2, 0) is 6.54 Å². The van der Waals surface area contributed by atoms with Gasteiger partial charge in [-0.1, -0.05) is 30.0 Å². The van der Waals surface area contributed by atoms with E-state index in [4.69, 9.17) is 10.8 Å². The number of phenols is 2. The zero-order valence-electron chi connectivity index (χ0n) is 22.2. The van der Waals surface area contributed by atoms with Crippen molar-refractivity contribution in [1.82, 2.24) is 33.9 Å². The zero-order chi connectivity index (χ0) is 29.7. The van der Waals surface area contributed by atoms with Crippen molar-refractivity contribution in [2.75, 3.05) is 5.73 Å². The van der Waals surface area contributed by atoms with E-state index in [1.54, 1.807) is 42.6 Å². The van der Waals surface area contributed by atoms with Crippen LogP contribution in [0, 0.1) is 5.82 Å². The number of aromatic hydroxyl groups is 2. The second-order valence-corrected chi connectivity index (χ2v) is 10.7. The minimum Gasteiger partial charge on any atom is -0.508 e. The quantitative estimate of drug-likeness (QED) is 0.251. The summed E-state index contributed by atoms with van der Waals surface area (Å²) >= 11 is 1.38. The summed E-state index contributed by atoms with van der Waals surface area (Å²) in [5, 5.41) is 29.6. The van der Waals surface area contributed by atoms with Crippen LogP contribution in [0.2, 0.25) is 0 Å². The van der Waals surface area contributed by atoms with E-state index in [1.807, 2.05) is 24.3 Å². The fourth-order valence-electron chi connectivity index (χ4n) is 4.94. The van der Waals surface area contributed by atoms with E-state index in [0.29, 0.717) is 33.0 Å². The molecule has 0 amide bonds. The van der Waals surface area contributed by atoms with Gasteiger partial charge in [-0.2, -0.15) is 10.2 Å². The first-order valence-corrected chi connectivity index (χ1v) is 13.8. The van der Waals surface area contributed by atoms with Gasteiger partial charge in [0.2, 0.25) is 0 Å². The van der Waals surface area contributed by atoms with E-state index in [9.17, 15) is 19.4 Å². The molecule has 7 aromatic rings. The maximum atomic E-state index is 14.2. The molecular weight excluding hydrogens is 571 g/mol. The van der Waals surface area contributed by atoms with E-state index < -0.39 is 5.82 Å². The highest BCUT2D eigenvalue weighted by Crippen LogP contribution is 2.34. The number of halogens is 1. The van der Waals surface area contributed by atoms with Gasteiger partial charge in [0.1, 0.15) is 47.2 Å². The minimum absolute atomic E-state index is 0.00700. The zero-order valence-corrected chi connectivity index (χ0v) is 23.0. The molecule has 3 aromatic carbocycles. The number of aromatic nitrogens is 7. The number of para-hydroxylation sites is 1. The molecule has 0 spiro atoms. The van der Waals surface area contributed by atoms with Crippen molar-refractivity contribution in [3.63, 3.8) is 0 Å². The van der Waals surface area contributed by atoms with Gasteiger partial charge in [-0.3, -0.25) is 9.36 Å². The van der Waals surface area contributed by atoms with Gasteiger partial charge < -0.3 is 15.9 Å². The number of nitrogen functional groups attached to an aromatic ring is 1. The fraction of sp³-hybridized carbons (Fsp3) is 0.0333. The largest absolute Gasteiger partial charge is 0.508 e. The highest BCUT2D eigenvalue weighted by atomic mass is 32.2. The maximum Gasteiger partial charge on any atom is 0.283 e. The summed E-state index contributed by atoms with van der Waals surface area (Å²) in [5.41, 5.74) is 7.79. The Bertz CT molecular complexity index is 2190. The molecule has 0 unspecified atom stereocenters. The SMILES string of the molecule is Nc1ncnc2c1c(-c1cc(O)cc(F)c1)nn2Cc1nn2ccc(Sc3ccc(O)cc3)c2c(=O)n1-c1ccccc1. The first-order valence-electron chi connectivity index (χ1n) is 13.0. The number of nitrogens with zero attached hydrogens (tertiary/aromatic N) is 7. The van der Waals surface area contributed by atoms with Gasteiger partial charge in [0, 0.05) is 27.6 Å². The van der Waals surface area contributed by atoms with Crippen molar-refractivity contribution >= 4 is 34.1 Å². The van der Waals surface area contributed by atoms with Crippen LogP contribution in [0.4, 0.5) is 10.2 Å². The van der Waals surface area contributed by atoms with Crippen LogP contribution in [0.25, 0.3) is 33.5 Å². The average molecular weight is 593 g/mol. The summed E-state index contributed by atoms with van der Waals surface area (Å²) in [6.45, 7) is -0.00700. The molecule has 0 saturated heterocycles. The molecule has 0 radical (unpaired) electrons. The second kappa shape index (κ2) is 10.3. The van der Waals surface area contributed by atoms with Crippen molar-refractivity contribution in [2.45, 2.75) is 16.3 Å². The van der Waals surface area contributed by atoms with Gasteiger partial charge in [0.25, 0.3) is 5.56 Å². The van der Waals surface area contributed by atoms with Crippen LogP contribution in [0.1, 0.15) is 5.82 Å². The van der Waals surface area contributed by atoms with E-state index >= 15 is 0 Å². The van der Waals surface area contributed by atoms with E-state index in [2.05, 4.69) is 15.1 Å². The summed E-state index contributed by atoms with van der Waals surface area (Å²) in [5.74, 6) is -0.297. The number of hydrogen-bond acceptors (Lipinski definition) is 9. The van der Waals surface area contributed by atoms with Crippen molar-refractivity contribution in [3.8, 4) is 28.4 Å². The first-order chi connectivity index (χ1) is 20.9. The Morgan fingerprint density at radius 2 is 1.70 bits per heavy atom. The Balaban J connectivity index is 1.41. The summed E-state index contributed by atoms with van der Waals surface area (Å²) in [4.78, 5) is 24.2. The van der Waals surface area contributed by atoms with Crippen molar-refractivity contribution < 1.29 is 14.6 Å². The molecule has 11 nitrogen and oxygen atoms in total. The third-order valence-electron chi connectivity index (χ3n) is 6.80. The molecule has 0 atom stereocenters. The topological polar surface area (TPSA) is 149 Å².